The lowest BCUT2D eigenvalue weighted by Crippen LogP contribution is -2.14. The van der Waals surface area contributed by atoms with Crippen molar-refractivity contribution >= 4 is 5.69 Å². The molecule has 0 heterocycles. The molecule has 0 aliphatic carbocycles. The van der Waals surface area contributed by atoms with Crippen LogP contribution in [0.2, 0.25) is 0 Å². The van der Waals surface area contributed by atoms with Crippen LogP contribution in [-0.2, 0) is 18.3 Å². The van der Waals surface area contributed by atoms with Crippen molar-refractivity contribution in [3.8, 4) is 11.5 Å². The minimum atomic E-state index is -0.0493. The Hall–Kier alpha value is -2.94. The summed E-state index contributed by atoms with van der Waals surface area (Å²) >= 11 is 0. The van der Waals surface area contributed by atoms with Gasteiger partial charge in [-0.3, -0.25) is 0 Å². The van der Waals surface area contributed by atoms with Crippen LogP contribution in [0.5, 0.6) is 11.5 Å². The van der Waals surface area contributed by atoms with Crippen LogP contribution in [0, 0.1) is 27.7 Å². The van der Waals surface area contributed by atoms with E-state index in [1.807, 2.05) is 52.0 Å². The number of rotatable bonds is 4. The molecule has 0 atom stereocenters. The first-order chi connectivity index (χ1) is 14.4. The minimum absolute atomic E-state index is 0.0493. The fourth-order valence-corrected chi connectivity index (χ4v) is 4.28. The number of phenols is 2. The summed E-state index contributed by atoms with van der Waals surface area (Å²) in [6.07, 6.45) is 1.13. The van der Waals surface area contributed by atoms with Crippen molar-refractivity contribution in [3.63, 3.8) is 0 Å². The zero-order chi connectivity index (χ0) is 23.1. The number of phenolic OH excluding ortho intramolecular Hbond substituents is 2. The van der Waals surface area contributed by atoms with Crippen molar-refractivity contribution in [2.75, 3.05) is 5.73 Å². The molecule has 0 bridgehead atoms. The highest BCUT2D eigenvalue weighted by molar-refractivity contribution is 5.61. The largest absolute Gasteiger partial charge is 0.507 e. The van der Waals surface area contributed by atoms with Gasteiger partial charge in [-0.1, -0.05) is 68.3 Å². The highest BCUT2D eigenvalue weighted by Gasteiger charge is 2.20. The van der Waals surface area contributed by atoms with Gasteiger partial charge in [0.1, 0.15) is 11.5 Å². The summed E-state index contributed by atoms with van der Waals surface area (Å²) in [5, 5.41) is 21.3. The van der Waals surface area contributed by atoms with Gasteiger partial charge in [0.15, 0.2) is 0 Å². The quantitative estimate of drug-likeness (QED) is 0.431. The van der Waals surface area contributed by atoms with Crippen LogP contribution >= 0.6 is 0 Å². The number of aromatic hydroxyl groups is 2. The van der Waals surface area contributed by atoms with Crippen molar-refractivity contribution < 1.29 is 10.2 Å². The van der Waals surface area contributed by atoms with Crippen LogP contribution in [0.3, 0.4) is 0 Å². The van der Waals surface area contributed by atoms with E-state index < -0.39 is 0 Å². The molecule has 0 aliphatic rings. The first-order valence-electron chi connectivity index (χ1n) is 10.9. The molecular formula is C28H35NO2. The fourth-order valence-electron chi connectivity index (χ4n) is 4.28. The van der Waals surface area contributed by atoms with Gasteiger partial charge < -0.3 is 15.9 Å². The lowest BCUT2D eigenvalue weighted by molar-refractivity contribution is 0.465. The lowest BCUT2D eigenvalue weighted by Gasteiger charge is -2.24. The number of nitrogen functional groups attached to an aromatic ring is 1. The maximum absolute atomic E-state index is 10.6. The third-order valence-electron chi connectivity index (χ3n) is 6.03. The average molecular weight is 418 g/mol. The SMILES string of the molecule is Cc1cc(C)c(O)c(Cc2cc(C(C)(C)C)cc(Cc3cc(C)cc(C)c3O)c2N)c1. The molecule has 0 aromatic heterocycles. The van der Waals surface area contributed by atoms with Gasteiger partial charge in [0.2, 0.25) is 0 Å². The standard InChI is InChI=1S/C28H35NO2/c1-16-8-18(3)26(30)22(10-16)12-20-14-24(28(5,6)7)15-21(25(20)29)13-23-11-17(2)9-19(4)27(23)31/h8-11,14-15,30-31H,12-13,29H2,1-7H3. The Morgan fingerprint density at radius 1 is 0.645 bits per heavy atom. The van der Waals surface area contributed by atoms with E-state index in [1.54, 1.807) is 0 Å². The molecule has 0 unspecified atom stereocenters. The summed E-state index contributed by atoms with van der Waals surface area (Å²) in [5.41, 5.74) is 16.3. The van der Waals surface area contributed by atoms with E-state index in [1.165, 1.54) is 5.56 Å². The second-order valence-corrected chi connectivity index (χ2v) is 9.99. The normalized spacial score (nSPS) is 11.7. The zero-order valence-electron chi connectivity index (χ0n) is 19.9. The molecule has 164 valence electrons. The van der Waals surface area contributed by atoms with E-state index in [-0.39, 0.29) is 5.41 Å². The molecule has 3 heteroatoms. The van der Waals surface area contributed by atoms with Crippen LogP contribution in [0.25, 0.3) is 0 Å². The van der Waals surface area contributed by atoms with Crippen molar-refractivity contribution in [1.29, 1.82) is 0 Å². The molecule has 0 fully saturated rings. The predicted octanol–water partition coefficient (Wildman–Crippen LogP) is 6.39. The Kier molecular flexibility index (Phi) is 6.09. The van der Waals surface area contributed by atoms with Crippen LogP contribution < -0.4 is 5.73 Å². The maximum Gasteiger partial charge on any atom is 0.122 e. The molecule has 0 saturated carbocycles. The number of hydrogen-bond donors (Lipinski definition) is 3. The Labute approximate surface area is 186 Å². The zero-order valence-corrected chi connectivity index (χ0v) is 19.9. The summed E-state index contributed by atoms with van der Waals surface area (Å²) in [6, 6.07) is 12.4. The van der Waals surface area contributed by atoms with E-state index in [2.05, 4.69) is 32.9 Å². The van der Waals surface area contributed by atoms with Gasteiger partial charge in [0.05, 0.1) is 0 Å². The van der Waals surface area contributed by atoms with Crippen LogP contribution in [-0.4, -0.2) is 10.2 Å². The molecule has 3 aromatic carbocycles. The maximum atomic E-state index is 10.6. The van der Waals surface area contributed by atoms with Gasteiger partial charge in [-0.2, -0.15) is 0 Å². The molecule has 0 spiro atoms. The molecule has 0 aliphatic heterocycles. The first kappa shape index (κ1) is 22.7. The number of aryl methyl sites for hydroxylation is 4. The predicted molar refractivity (Wildman–Crippen MR) is 130 cm³/mol. The molecule has 3 rings (SSSR count). The molecule has 4 N–H and O–H groups in total. The highest BCUT2D eigenvalue weighted by atomic mass is 16.3. The van der Waals surface area contributed by atoms with E-state index in [0.717, 1.165) is 50.2 Å². The van der Waals surface area contributed by atoms with E-state index >= 15 is 0 Å². The van der Waals surface area contributed by atoms with Crippen LogP contribution in [0.1, 0.15) is 70.8 Å². The summed E-state index contributed by atoms with van der Waals surface area (Å²) < 4.78 is 0. The van der Waals surface area contributed by atoms with E-state index in [9.17, 15) is 10.2 Å². The first-order valence-corrected chi connectivity index (χ1v) is 10.9. The number of anilines is 1. The third-order valence-corrected chi connectivity index (χ3v) is 6.03. The van der Waals surface area contributed by atoms with E-state index in [4.69, 9.17) is 5.73 Å². The minimum Gasteiger partial charge on any atom is -0.507 e. The van der Waals surface area contributed by atoms with Gasteiger partial charge in [-0.05, 0) is 72.1 Å². The molecule has 3 nitrogen and oxygen atoms in total. The van der Waals surface area contributed by atoms with Gasteiger partial charge in [0, 0.05) is 18.5 Å². The van der Waals surface area contributed by atoms with Crippen molar-refractivity contribution in [2.24, 2.45) is 0 Å². The second kappa shape index (κ2) is 8.30. The van der Waals surface area contributed by atoms with E-state index in [0.29, 0.717) is 24.3 Å². The van der Waals surface area contributed by atoms with Crippen LogP contribution in [0.4, 0.5) is 5.69 Å². The van der Waals surface area contributed by atoms with Crippen molar-refractivity contribution in [2.45, 2.75) is 66.7 Å². The summed E-state index contributed by atoms with van der Waals surface area (Å²) in [5.74, 6) is 0.666. The molecule has 3 aromatic rings. The average Bonchev–Trinajstić information content (AvgIpc) is 2.65. The summed E-state index contributed by atoms with van der Waals surface area (Å²) in [4.78, 5) is 0. The number of nitrogens with two attached hydrogens (primary N) is 1. The molecular weight excluding hydrogens is 382 g/mol. The Bertz CT molecular complexity index is 1060. The van der Waals surface area contributed by atoms with Crippen molar-refractivity contribution in [1.82, 2.24) is 0 Å². The third kappa shape index (κ3) is 4.87. The number of benzene rings is 3. The number of hydrogen-bond acceptors (Lipinski definition) is 3. The second-order valence-electron chi connectivity index (χ2n) is 9.99. The molecule has 0 saturated heterocycles. The van der Waals surface area contributed by atoms with Crippen molar-refractivity contribution in [3.05, 3.63) is 86.5 Å². The molecule has 31 heavy (non-hydrogen) atoms. The van der Waals surface area contributed by atoms with Gasteiger partial charge in [0.25, 0.3) is 0 Å². The summed E-state index contributed by atoms with van der Waals surface area (Å²) in [6.45, 7) is 14.5. The monoisotopic (exact) mass is 417 g/mol. The summed E-state index contributed by atoms with van der Waals surface area (Å²) in [7, 11) is 0. The Morgan fingerprint density at radius 3 is 1.39 bits per heavy atom. The topological polar surface area (TPSA) is 66.5 Å². The Morgan fingerprint density at radius 2 is 1.03 bits per heavy atom. The molecule has 0 amide bonds. The highest BCUT2D eigenvalue weighted by Crippen LogP contribution is 2.35. The van der Waals surface area contributed by atoms with Crippen LogP contribution in [0.15, 0.2) is 36.4 Å². The lowest BCUT2D eigenvalue weighted by atomic mass is 9.82. The Balaban J connectivity index is 2.13. The smallest absolute Gasteiger partial charge is 0.122 e. The fraction of sp³-hybridized carbons (Fsp3) is 0.357. The van der Waals surface area contributed by atoms with Gasteiger partial charge in [-0.15, -0.1) is 0 Å². The van der Waals surface area contributed by atoms with Gasteiger partial charge in [-0.25, -0.2) is 0 Å². The molecule has 0 radical (unpaired) electrons. The van der Waals surface area contributed by atoms with Gasteiger partial charge >= 0.3 is 0 Å².